The van der Waals surface area contributed by atoms with Crippen molar-refractivity contribution in [3.63, 3.8) is 0 Å². The number of nitrogens with two attached hydrogens (primary N) is 3. The van der Waals surface area contributed by atoms with Gasteiger partial charge in [-0.1, -0.05) is 24.3 Å². The third-order valence-electron chi connectivity index (χ3n) is 6.46. The molecule has 3 amide bonds. The number of benzene rings is 2. The van der Waals surface area contributed by atoms with Gasteiger partial charge in [0.1, 0.15) is 12.4 Å². The zero-order valence-corrected chi connectivity index (χ0v) is 22.2. The molecular formula is C26H31N9O6. The van der Waals surface area contributed by atoms with Crippen LogP contribution in [-0.2, 0) is 20.9 Å². The lowest BCUT2D eigenvalue weighted by molar-refractivity contribution is -0.164. The topological polar surface area (TPSA) is 250 Å². The van der Waals surface area contributed by atoms with Crippen molar-refractivity contribution >= 4 is 41.3 Å². The van der Waals surface area contributed by atoms with E-state index in [0.29, 0.717) is 5.56 Å². The Labute approximate surface area is 234 Å². The number of carbonyl (C=O) groups is 5. The highest BCUT2D eigenvalue weighted by Crippen LogP contribution is 2.24. The molecule has 1 fully saturated rings. The Bertz CT molecular complexity index is 1390. The number of carboxylic acid groups (broad SMARTS) is 1. The fraction of sp³-hybridized carbons (Fsp3) is 0.269. The monoisotopic (exact) mass is 565 g/mol. The molecule has 1 unspecified atom stereocenters. The molecule has 0 radical (unpaired) electrons. The second-order valence-electron chi connectivity index (χ2n) is 9.24. The Morgan fingerprint density at radius 2 is 1.51 bits per heavy atom. The number of Topliss-reactive ketones (excluding diaryl/α,β-unsaturated/α-hetero) is 1. The SMILES string of the molecule is CC(=O)C1(CNC(=O)c2ccc(CN=C(N)N)cc2)C(=O)N(CC(=O)O)CCN1NC(=O)c1ccc(C(=N)N)cc1. The largest absolute Gasteiger partial charge is 0.480 e. The first-order valence-corrected chi connectivity index (χ1v) is 12.3. The molecule has 0 bridgehead atoms. The molecule has 1 atom stereocenters. The van der Waals surface area contributed by atoms with Crippen molar-refractivity contribution < 1.29 is 29.1 Å². The molecule has 1 aliphatic rings. The summed E-state index contributed by atoms with van der Waals surface area (Å²) in [5.41, 5.74) is 18.0. The van der Waals surface area contributed by atoms with Crippen molar-refractivity contribution in [2.75, 3.05) is 26.2 Å². The molecule has 15 nitrogen and oxygen atoms in total. The number of rotatable bonds is 11. The summed E-state index contributed by atoms with van der Waals surface area (Å²) in [6.07, 6.45) is 0. The van der Waals surface area contributed by atoms with E-state index in [4.69, 9.17) is 22.6 Å². The number of amidine groups is 1. The molecule has 0 aliphatic carbocycles. The molecule has 0 saturated carbocycles. The van der Waals surface area contributed by atoms with E-state index in [9.17, 15) is 29.1 Å². The maximum absolute atomic E-state index is 13.6. The second kappa shape index (κ2) is 12.7. The lowest BCUT2D eigenvalue weighted by Gasteiger charge is -2.47. The van der Waals surface area contributed by atoms with Crippen molar-refractivity contribution in [1.29, 1.82) is 5.41 Å². The minimum atomic E-state index is -2.13. The van der Waals surface area contributed by atoms with E-state index in [1.165, 1.54) is 36.4 Å². The molecule has 41 heavy (non-hydrogen) atoms. The number of ketones is 1. The summed E-state index contributed by atoms with van der Waals surface area (Å²) in [7, 11) is 0. The highest BCUT2D eigenvalue weighted by atomic mass is 16.4. The maximum atomic E-state index is 13.6. The van der Waals surface area contributed by atoms with Gasteiger partial charge in [0.05, 0.1) is 13.1 Å². The number of aliphatic carboxylic acids is 1. The third-order valence-corrected chi connectivity index (χ3v) is 6.46. The average molecular weight is 566 g/mol. The molecule has 1 saturated heterocycles. The van der Waals surface area contributed by atoms with Crippen molar-refractivity contribution in [1.82, 2.24) is 20.7 Å². The molecule has 10 N–H and O–H groups in total. The van der Waals surface area contributed by atoms with Crippen LogP contribution in [0, 0.1) is 5.41 Å². The minimum absolute atomic E-state index is 0.0832. The second-order valence-corrected chi connectivity index (χ2v) is 9.24. The summed E-state index contributed by atoms with van der Waals surface area (Å²) in [5.74, 6) is -4.46. The summed E-state index contributed by atoms with van der Waals surface area (Å²) in [6.45, 7) is -0.117. The van der Waals surface area contributed by atoms with Gasteiger partial charge in [0, 0.05) is 29.8 Å². The molecule has 2 aromatic rings. The maximum Gasteiger partial charge on any atom is 0.323 e. The smallest absolute Gasteiger partial charge is 0.323 e. The number of nitrogens with one attached hydrogen (secondary N) is 3. The lowest BCUT2D eigenvalue weighted by atomic mass is 9.89. The number of hydrogen-bond donors (Lipinski definition) is 7. The Morgan fingerprint density at radius 3 is 2.05 bits per heavy atom. The number of hydrogen-bond acceptors (Lipinski definition) is 8. The van der Waals surface area contributed by atoms with Gasteiger partial charge < -0.3 is 32.5 Å². The van der Waals surface area contributed by atoms with E-state index < -0.39 is 48.1 Å². The molecule has 1 aliphatic heterocycles. The summed E-state index contributed by atoms with van der Waals surface area (Å²) in [5, 5.41) is 20.5. The number of carbonyl (C=O) groups excluding carboxylic acids is 4. The number of aliphatic imine (C=N–C) groups is 1. The zero-order chi connectivity index (χ0) is 30.3. The first-order valence-electron chi connectivity index (χ1n) is 12.3. The van der Waals surface area contributed by atoms with Crippen LogP contribution in [0.2, 0.25) is 0 Å². The summed E-state index contributed by atoms with van der Waals surface area (Å²) in [4.78, 5) is 69.1. The number of amides is 3. The van der Waals surface area contributed by atoms with Gasteiger partial charge in [0.2, 0.25) is 0 Å². The van der Waals surface area contributed by atoms with Crippen LogP contribution in [0.3, 0.4) is 0 Å². The first kappa shape index (κ1) is 30.2. The van der Waals surface area contributed by atoms with E-state index in [1.807, 2.05) is 0 Å². The van der Waals surface area contributed by atoms with Crippen molar-refractivity contribution in [3.8, 4) is 0 Å². The third kappa shape index (κ3) is 7.02. The molecule has 2 aromatic carbocycles. The van der Waals surface area contributed by atoms with Crippen LogP contribution in [0.1, 0.15) is 38.8 Å². The molecule has 15 heteroatoms. The van der Waals surface area contributed by atoms with E-state index in [2.05, 4.69) is 15.7 Å². The number of hydrazine groups is 1. The quantitative estimate of drug-likeness (QED) is 0.0931. The fourth-order valence-corrected chi connectivity index (χ4v) is 4.23. The van der Waals surface area contributed by atoms with Gasteiger partial charge in [-0.2, -0.15) is 5.01 Å². The number of nitrogen functional groups attached to an aromatic ring is 1. The minimum Gasteiger partial charge on any atom is -0.480 e. The highest BCUT2D eigenvalue weighted by molar-refractivity contribution is 6.12. The standard InChI is InChI=1S/C26H31N9O6/c1-15(36)26(14-32-22(39)18-4-2-16(3-5-18)12-31-25(29)30)24(41)34(13-20(37)38)10-11-35(26)33-23(40)19-8-6-17(7-9-19)21(27)28/h2-9H,10-14H2,1H3,(H3,27,28)(H,32,39)(H,33,40)(H,37,38)(H4,29,30,31). The lowest BCUT2D eigenvalue weighted by Crippen LogP contribution is -2.76. The van der Waals surface area contributed by atoms with Crippen LogP contribution in [0.5, 0.6) is 0 Å². The van der Waals surface area contributed by atoms with Gasteiger partial charge in [0.25, 0.3) is 17.7 Å². The Kier molecular flexibility index (Phi) is 9.36. The molecule has 0 spiro atoms. The first-order chi connectivity index (χ1) is 19.3. The highest BCUT2D eigenvalue weighted by Gasteiger charge is 2.54. The van der Waals surface area contributed by atoms with Crippen LogP contribution in [0.25, 0.3) is 0 Å². The average Bonchev–Trinajstić information content (AvgIpc) is 2.93. The van der Waals surface area contributed by atoms with Crippen molar-refractivity contribution in [2.45, 2.75) is 19.0 Å². The predicted octanol–water partition coefficient (Wildman–Crippen LogP) is -1.62. The molecule has 216 valence electrons. The Hall–Kier alpha value is -5.31. The van der Waals surface area contributed by atoms with Crippen LogP contribution < -0.4 is 27.9 Å². The number of carboxylic acids is 1. The number of piperazine rings is 1. The van der Waals surface area contributed by atoms with E-state index in [-0.39, 0.29) is 42.6 Å². The van der Waals surface area contributed by atoms with E-state index >= 15 is 0 Å². The van der Waals surface area contributed by atoms with Gasteiger partial charge in [-0.05, 0) is 36.8 Å². The van der Waals surface area contributed by atoms with Gasteiger partial charge in [-0.25, -0.2) is 4.99 Å². The predicted molar refractivity (Wildman–Crippen MR) is 148 cm³/mol. The Balaban J connectivity index is 1.87. The van der Waals surface area contributed by atoms with Crippen LogP contribution in [0.4, 0.5) is 0 Å². The summed E-state index contributed by atoms with van der Waals surface area (Å²) < 4.78 is 0. The van der Waals surface area contributed by atoms with Gasteiger partial charge in [0.15, 0.2) is 17.3 Å². The van der Waals surface area contributed by atoms with Gasteiger partial charge in [-0.15, -0.1) is 0 Å². The van der Waals surface area contributed by atoms with Gasteiger partial charge >= 0.3 is 5.97 Å². The normalized spacial score (nSPS) is 16.9. The van der Waals surface area contributed by atoms with E-state index in [1.54, 1.807) is 12.1 Å². The molecular weight excluding hydrogens is 534 g/mol. The number of guanidine groups is 1. The fourth-order valence-electron chi connectivity index (χ4n) is 4.23. The van der Waals surface area contributed by atoms with Crippen LogP contribution in [-0.4, -0.2) is 88.0 Å². The van der Waals surface area contributed by atoms with Crippen molar-refractivity contribution in [3.05, 3.63) is 70.8 Å². The Morgan fingerprint density at radius 1 is 0.951 bits per heavy atom. The van der Waals surface area contributed by atoms with Crippen molar-refractivity contribution in [2.24, 2.45) is 22.2 Å². The molecule has 0 aromatic heterocycles. The molecule has 3 rings (SSSR count). The van der Waals surface area contributed by atoms with Crippen LogP contribution >= 0.6 is 0 Å². The zero-order valence-electron chi connectivity index (χ0n) is 22.2. The van der Waals surface area contributed by atoms with Gasteiger partial charge in [-0.3, -0.25) is 34.8 Å². The van der Waals surface area contributed by atoms with Crippen LogP contribution in [0.15, 0.2) is 53.5 Å². The summed E-state index contributed by atoms with van der Waals surface area (Å²) in [6, 6.07) is 12.1. The summed E-state index contributed by atoms with van der Waals surface area (Å²) >= 11 is 0. The molecule has 1 heterocycles. The van der Waals surface area contributed by atoms with E-state index in [0.717, 1.165) is 22.4 Å². The number of nitrogens with zero attached hydrogens (tertiary/aromatic N) is 3.